The average molecular weight is 538 g/mol. The third kappa shape index (κ3) is 7.24. The van der Waals surface area contributed by atoms with E-state index in [9.17, 15) is 35.9 Å². The van der Waals surface area contributed by atoms with E-state index in [1.165, 1.54) is 18.3 Å². The molecule has 0 saturated heterocycles. The predicted molar refractivity (Wildman–Crippen MR) is 112 cm³/mol. The van der Waals surface area contributed by atoms with Crippen LogP contribution in [0.3, 0.4) is 0 Å². The van der Waals surface area contributed by atoms with Gasteiger partial charge in [0.05, 0.1) is 17.1 Å². The van der Waals surface area contributed by atoms with E-state index in [0.717, 1.165) is 35.1 Å². The van der Waals surface area contributed by atoms with Crippen molar-refractivity contribution in [2.75, 3.05) is 18.5 Å². The van der Waals surface area contributed by atoms with Gasteiger partial charge in [0.15, 0.2) is 11.5 Å². The summed E-state index contributed by atoms with van der Waals surface area (Å²) in [6.45, 7) is -0.800. The second-order valence-electron chi connectivity index (χ2n) is 6.73. The molecule has 192 valence electrons. The molecule has 0 fully saturated rings. The van der Waals surface area contributed by atoms with Crippen LogP contribution in [0.25, 0.3) is 5.82 Å². The molecule has 0 aliphatic carbocycles. The van der Waals surface area contributed by atoms with Gasteiger partial charge in [-0.05, 0) is 36.4 Å². The Morgan fingerprint density at radius 2 is 1.75 bits per heavy atom. The molecule has 0 unspecified atom stereocenters. The number of hydrogen-bond donors (Lipinski definition) is 2. The summed E-state index contributed by atoms with van der Waals surface area (Å²) in [7, 11) is 0. The highest BCUT2D eigenvalue weighted by molar-refractivity contribution is 6.32. The summed E-state index contributed by atoms with van der Waals surface area (Å²) < 4.78 is 85.8. The molecule has 0 aliphatic rings. The van der Waals surface area contributed by atoms with E-state index in [-0.39, 0.29) is 23.1 Å². The number of pyridine rings is 1. The van der Waals surface area contributed by atoms with Crippen molar-refractivity contribution in [3.05, 3.63) is 65.1 Å². The summed E-state index contributed by atoms with van der Waals surface area (Å²) in [5, 5.41) is 7.76. The summed E-state index contributed by atoms with van der Waals surface area (Å²) in [6, 6.07) is 7.00. The standard InChI is InChI=1S/C20H14ClF6N5O4/c21-14-2-1-7-28-16(14)32-10-13(15(31-32)19(22,23)24)17(33)29-8-9-35-18(34)30-11-3-5-12(6-4-11)36-20(25,26)27/h1-7,10H,8-9H2,(H,29,33)(H,30,34). The number of hydrogen-bond acceptors (Lipinski definition) is 6. The largest absolute Gasteiger partial charge is 0.573 e. The summed E-state index contributed by atoms with van der Waals surface area (Å²) in [6.07, 6.45) is -8.77. The van der Waals surface area contributed by atoms with Crippen LogP contribution in [0.2, 0.25) is 5.02 Å². The van der Waals surface area contributed by atoms with Crippen molar-refractivity contribution in [1.29, 1.82) is 0 Å². The smallest absolute Gasteiger partial charge is 0.447 e. The van der Waals surface area contributed by atoms with Crippen molar-refractivity contribution in [2.24, 2.45) is 0 Å². The Kier molecular flexibility index (Phi) is 7.92. The number of ether oxygens (including phenoxy) is 2. The zero-order valence-electron chi connectivity index (χ0n) is 17.7. The molecule has 1 aromatic carbocycles. The van der Waals surface area contributed by atoms with E-state index in [1.54, 1.807) is 0 Å². The molecule has 2 N–H and O–H groups in total. The van der Waals surface area contributed by atoms with Crippen molar-refractivity contribution >= 4 is 29.3 Å². The zero-order valence-corrected chi connectivity index (χ0v) is 18.4. The highest BCUT2D eigenvalue weighted by atomic mass is 35.5. The third-order valence-electron chi connectivity index (χ3n) is 4.14. The molecule has 2 amide bonds. The van der Waals surface area contributed by atoms with Crippen molar-refractivity contribution in [3.63, 3.8) is 0 Å². The highest BCUT2D eigenvalue weighted by Gasteiger charge is 2.39. The maximum absolute atomic E-state index is 13.4. The molecule has 0 radical (unpaired) electrons. The Labute approximate surface area is 203 Å². The van der Waals surface area contributed by atoms with Gasteiger partial charge in [-0.3, -0.25) is 10.1 Å². The topological polar surface area (TPSA) is 107 Å². The number of alkyl halides is 6. The van der Waals surface area contributed by atoms with Crippen LogP contribution in [0.1, 0.15) is 16.1 Å². The number of carbonyl (C=O) groups excluding carboxylic acids is 2. The highest BCUT2D eigenvalue weighted by Crippen LogP contribution is 2.32. The van der Waals surface area contributed by atoms with Crippen LogP contribution in [-0.4, -0.2) is 46.3 Å². The quantitative estimate of drug-likeness (QED) is 0.331. The van der Waals surface area contributed by atoms with Crippen LogP contribution in [0.15, 0.2) is 48.8 Å². The number of anilines is 1. The normalized spacial score (nSPS) is 11.6. The summed E-state index contributed by atoms with van der Waals surface area (Å²) in [4.78, 5) is 28.0. The van der Waals surface area contributed by atoms with E-state index in [2.05, 4.69) is 25.5 Å². The number of benzene rings is 1. The van der Waals surface area contributed by atoms with E-state index in [0.29, 0.717) is 0 Å². The van der Waals surface area contributed by atoms with Crippen molar-refractivity contribution in [3.8, 4) is 11.6 Å². The van der Waals surface area contributed by atoms with Crippen LogP contribution in [0.4, 0.5) is 36.8 Å². The van der Waals surface area contributed by atoms with Gasteiger partial charge >= 0.3 is 18.6 Å². The lowest BCUT2D eigenvalue weighted by molar-refractivity contribution is -0.274. The summed E-state index contributed by atoms with van der Waals surface area (Å²) in [5.74, 6) is -1.78. The Morgan fingerprint density at radius 1 is 1.06 bits per heavy atom. The van der Waals surface area contributed by atoms with Gasteiger partial charge in [0, 0.05) is 18.1 Å². The first-order chi connectivity index (χ1) is 16.8. The molecule has 0 atom stereocenters. The van der Waals surface area contributed by atoms with E-state index < -0.39 is 48.2 Å². The first-order valence-electron chi connectivity index (χ1n) is 9.69. The molecule has 0 aliphatic heterocycles. The average Bonchev–Trinajstić information content (AvgIpc) is 3.23. The third-order valence-corrected chi connectivity index (χ3v) is 4.43. The minimum Gasteiger partial charge on any atom is -0.447 e. The lowest BCUT2D eigenvalue weighted by atomic mass is 10.2. The van der Waals surface area contributed by atoms with Crippen molar-refractivity contribution in [1.82, 2.24) is 20.1 Å². The number of nitrogens with zero attached hydrogens (tertiary/aromatic N) is 3. The summed E-state index contributed by atoms with van der Waals surface area (Å²) >= 11 is 5.93. The minimum absolute atomic E-state index is 0.00242. The maximum atomic E-state index is 13.4. The van der Waals surface area contributed by atoms with Gasteiger partial charge < -0.3 is 14.8 Å². The number of amides is 2. The van der Waals surface area contributed by atoms with Crippen molar-refractivity contribution < 1.29 is 45.4 Å². The van der Waals surface area contributed by atoms with Crippen LogP contribution >= 0.6 is 11.6 Å². The first-order valence-corrected chi connectivity index (χ1v) is 10.1. The molecule has 0 saturated carbocycles. The number of aromatic nitrogens is 3. The molecular weight excluding hydrogens is 524 g/mol. The fourth-order valence-electron chi connectivity index (χ4n) is 2.70. The second kappa shape index (κ2) is 10.7. The Balaban J connectivity index is 1.55. The number of carbonyl (C=O) groups is 2. The van der Waals surface area contributed by atoms with Crippen LogP contribution in [0.5, 0.6) is 5.75 Å². The Hall–Kier alpha value is -4.01. The van der Waals surface area contributed by atoms with Gasteiger partial charge in [-0.2, -0.15) is 18.3 Å². The van der Waals surface area contributed by atoms with Gasteiger partial charge in [0.1, 0.15) is 12.4 Å². The van der Waals surface area contributed by atoms with Gasteiger partial charge in [0.2, 0.25) is 0 Å². The predicted octanol–water partition coefficient (Wildman–Crippen LogP) is 4.82. The molecule has 2 aromatic heterocycles. The van der Waals surface area contributed by atoms with Crippen LogP contribution in [-0.2, 0) is 10.9 Å². The monoisotopic (exact) mass is 537 g/mol. The molecule has 3 aromatic rings. The van der Waals surface area contributed by atoms with Gasteiger partial charge in [-0.15, -0.1) is 13.2 Å². The number of halogens is 7. The molecule has 0 spiro atoms. The zero-order chi connectivity index (χ0) is 26.5. The van der Waals surface area contributed by atoms with Gasteiger partial charge in [0.25, 0.3) is 5.91 Å². The number of rotatable bonds is 7. The molecule has 2 heterocycles. The second-order valence-corrected chi connectivity index (χ2v) is 7.14. The lowest BCUT2D eigenvalue weighted by Crippen LogP contribution is -2.30. The van der Waals surface area contributed by atoms with E-state index in [1.807, 2.05) is 0 Å². The maximum Gasteiger partial charge on any atom is 0.573 e. The van der Waals surface area contributed by atoms with Gasteiger partial charge in [-0.1, -0.05) is 11.6 Å². The molecule has 16 heteroatoms. The molecule has 36 heavy (non-hydrogen) atoms. The number of nitrogens with one attached hydrogen (secondary N) is 2. The minimum atomic E-state index is -4.96. The molecular formula is C20H14ClF6N5O4. The Bertz CT molecular complexity index is 1230. The van der Waals surface area contributed by atoms with Crippen LogP contribution in [0, 0.1) is 0 Å². The SMILES string of the molecule is O=C(Nc1ccc(OC(F)(F)F)cc1)OCCNC(=O)c1cn(-c2ncccc2Cl)nc1C(F)(F)F. The van der Waals surface area contributed by atoms with Crippen LogP contribution < -0.4 is 15.4 Å². The molecule has 3 rings (SSSR count). The Morgan fingerprint density at radius 3 is 2.36 bits per heavy atom. The molecule has 0 bridgehead atoms. The lowest BCUT2D eigenvalue weighted by Gasteiger charge is -2.10. The van der Waals surface area contributed by atoms with E-state index in [4.69, 9.17) is 16.3 Å². The fourth-order valence-corrected chi connectivity index (χ4v) is 2.91. The van der Waals surface area contributed by atoms with E-state index >= 15 is 0 Å². The molecule has 9 nitrogen and oxygen atoms in total. The van der Waals surface area contributed by atoms with Gasteiger partial charge in [-0.25, -0.2) is 14.5 Å². The summed E-state index contributed by atoms with van der Waals surface area (Å²) in [5.41, 5.74) is -2.21. The fraction of sp³-hybridized carbons (Fsp3) is 0.200. The first kappa shape index (κ1) is 26.6. The van der Waals surface area contributed by atoms with Crippen molar-refractivity contribution in [2.45, 2.75) is 12.5 Å².